The van der Waals surface area contributed by atoms with E-state index in [0.29, 0.717) is 5.15 Å². The number of hydrogen-bond acceptors (Lipinski definition) is 2. The minimum atomic E-state index is 0.452. The molecule has 92 valence electrons. The summed E-state index contributed by atoms with van der Waals surface area (Å²) in [5, 5.41) is 5.92. The quantitative estimate of drug-likeness (QED) is 0.574. The van der Waals surface area contributed by atoms with Crippen molar-refractivity contribution < 1.29 is 0 Å². The van der Waals surface area contributed by atoms with Crippen LogP contribution in [0.3, 0.4) is 0 Å². The molecule has 4 aromatic rings. The van der Waals surface area contributed by atoms with Crippen molar-refractivity contribution in [3.63, 3.8) is 0 Å². The highest BCUT2D eigenvalue weighted by Crippen LogP contribution is 2.24. The van der Waals surface area contributed by atoms with Gasteiger partial charge in [0.15, 0.2) is 5.65 Å². The fourth-order valence-corrected chi connectivity index (χ4v) is 2.39. The van der Waals surface area contributed by atoms with Gasteiger partial charge >= 0.3 is 0 Å². The van der Waals surface area contributed by atoms with Gasteiger partial charge in [-0.15, -0.1) is 0 Å². The number of halogens is 1. The van der Waals surface area contributed by atoms with E-state index in [1.54, 1.807) is 10.6 Å². The van der Waals surface area contributed by atoms with Crippen molar-refractivity contribution in [2.24, 2.45) is 0 Å². The molecular formula is C14H9ClN4. The first-order valence-corrected chi connectivity index (χ1v) is 6.27. The van der Waals surface area contributed by atoms with E-state index in [4.69, 9.17) is 11.6 Å². The van der Waals surface area contributed by atoms with Gasteiger partial charge in [-0.3, -0.25) is 0 Å². The number of imidazole rings is 1. The molecule has 0 fully saturated rings. The second-order valence-corrected chi connectivity index (χ2v) is 4.74. The van der Waals surface area contributed by atoms with Crippen LogP contribution in [0.4, 0.5) is 0 Å². The molecule has 0 amide bonds. The Hall–Kier alpha value is -2.33. The van der Waals surface area contributed by atoms with Crippen LogP contribution in [0.5, 0.6) is 0 Å². The van der Waals surface area contributed by atoms with Gasteiger partial charge in [-0.2, -0.15) is 5.10 Å². The van der Waals surface area contributed by atoms with Crippen LogP contribution in [0.25, 0.3) is 27.8 Å². The summed E-state index contributed by atoms with van der Waals surface area (Å²) in [4.78, 5) is 7.54. The first-order chi connectivity index (χ1) is 9.31. The summed E-state index contributed by atoms with van der Waals surface area (Å²) in [5.41, 5.74) is 3.85. The molecule has 0 aliphatic rings. The van der Waals surface area contributed by atoms with Crippen LogP contribution in [0, 0.1) is 0 Å². The standard InChI is InChI=1S/C14H9ClN4/c15-13-3-4-14-17-8-12(19(14)18-13)10-2-1-9-5-6-16-11(9)7-10/h1-8,16H. The number of nitrogens with zero attached hydrogens (tertiary/aromatic N) is 3. The van der Waals surface area contributed by atoms with Crippen molar-refractivity contribution in [1.82, 2.24) is 19.6 Å². The Morgan fingerprint density at radius 3 is 3.00 bits per heavy atom. The lowest BCUT2D eigenvalue weighted by atomic mass is 10.1. The van der Waals surface area contributed by atoms with Gasteiger partial charge in [-0.25, -0.2) is 9.50 Å². The Kier molecular flexibility index (Phi) is 2.13. The third kappa shape index (κ3) is 1.61. The molecule has 0 radical (unpaired) electrons. The average molecular weight is 269 g/mol. The van der Waals surface area contributed by atoms with Crippen LogP contribution >= 0.6 is 11.6 Å². The van der Waals surface area contributed by atoms with Crippen LogP contribution in [-0.2, 0) is 0 Å². The summed E-state index contributed by atoms with van der Waals surface area (Å²) in [6.45, 7) is 0. The predicted octanol–water partition coefficient (Wildman–Crippen LogP) is 3.53. The molecular weight excluding hydrogens is 260 g/mol. The lowest BCUT2D eigenvalue weighted by molar-refractivity contribution is 0.943. The van der Waals surface area contributed by atoms with E-state index < -0.39 is 0 Å². The van der Waals surface area contributed by atoms with E-state index in [-0.39, 0.29) is 0 Å². The molecule has 5 heteroatoms. The monoisotopic (exact) mass is 268 g/mol. The SMILES string of the molecule is Clc1ccc2ncc(-c3ccc4cc[nH]c4c3)n2n1. The van der Waals surface area contributed by atoms with Crippen molar-refractivity contribution in [2.75, 3.05) is 0 Å². The van der Waals surface area contributed by atoms with Gasteiger partial charge in [-0.1, -0.05) is 23.7 Å². The molecule has 0 unspecified atom stereocenters. The summed E-state index contributed by atoms with van der Waals surface area (Å²) in [6.07, 6.45) is 3.74. The molecule has 0 atom stereocenters. The molecule has 0 saturated heterocycles. The second-order valence-electron chi connectivity index (χ2n) is 4.35. The van der Waals surface area contributed by atoms with Gasteiger partial charge in [0.05, 0.1) is 11.9 Å². The van der Waals surface area contributed by atoms with Crippen molar-refractivity contribution in [3.05, 3.63) is 53.9 Å². The summed E-state index contributed by atoms with van der Waals surface area (Å²) in [7, 11) is 0. The number of aromatic amines is 1. The Labute approximate surface area is 113 Å². The first kappa shape index (κ1) is 10.6. The topological polar surface area (TPSA) is 46.0 Å². The highest BCUT2D eigenvalue weighted by atomic mass is 35.5. The zero-order chi connectivity index (χ0) is 12.8. The molecule has 4 nitrogen and oxygen atoms in total. The molecule has 0 aliphatic heterocycles. The Morgan fingerprint density at radius 2 is 2.05 bits per heavy atom. The summed E-state index contributed by atoms with van der Waals surface area (Å²) in [5.74, 6) is 0. The molecule has 0 spiro atoms. The predicted molar refractivity (Wildman–Crippen MR) is 75.3 cm³/mol. The van der Waals surface area contributed by atoms with Crippen LogP contribution in [0.1, 0.15) is 0 Å². The zero-order valence-electron chi connectivity index (χ0n) is 9.84. The van der Waals surface area contributed by atoms with E-state index in [0.717, 1.165) is 22.4 Å². The van der Waals surface area contributed by atoms with E-state index in [9.17, 15) is 0 Å². The molecule has 4 rings (SSSR count). The third-order valence-electron chi connectivity index (χ3n) is 3.18. The summed E-state index contributed by atoms with van der Waals surface area (Å²) < 4.78 is 1.76. The van der Waals surface area contributed by atoms with E-state index >= 15 is 0 Å². The normalized spacial score (nSPS) is 11.4. The molecule has 1 aromatic carbocycles. The number of aromatic nitrogens is 4. The maximum atomic E-state index is 5.95. The van der Waals surface area contributed by atoms with Gasteiger partial charge in [0.1, 0.15) is 5.15 Å². The van der Waals surface area contributed by atoms with Gasteiger partial charge in [-0.05, 0) is 29.7 Å². The number of nitrogens with one attached hydrogen (secondary N) is 1. The van der Waals surface area contributed by atoms with Crippen molar-refractivity contribution in [1.29, 1.82) is 0 Å². The van der Waals surface area contributed by atoms with E-state index in [1.165, 1.54) is 5.39 Å². The fourth-order valence-electron chi connectivity index (χ4n) is 2.25. The number of rotatable bonds is 1. The Balaban J connectivity index is 2.00. The smallest absolute Gasteiger partial charge is 0.154 e. The number of fused-ring (bicyclic) bond motifs is 2. The van der Waals surface area contributed by atoms with Crippen molar-refractivity contribution in [2.45, 2.75) is 0 Å². The maximum Gasteiger partial charge on any atom is 0.154 e. The Morgan fingerprint density at radius 1 is 1.11 bits per heavy atom. The van der Waals surface area contributed by atoms with Gasteiger partial charge < -0.3 is 4.98 Å². The van der Waals surface area contributed by atoms with Crippen LogP contribution in [0.15, 0.2) is 48.8 Å². The van der Waals surface area contributed by atoms with Crippen LogP contribution in [-0.4, -0.2) is 19.6 Å². The molecule has 1 N–H and O–H groups in total. The van der Waals surface area contributed by atoms with Gasteiger partial charge in [0.2, 0.25) is 0 Å². The molecule has 3 heterocycles. The van der Waals surface area contributed by atoms with Crippen molar-refractivity contribution in [3.8, 4) is 11.3 Å². The summed E-state index contributed by atoms with van der Waals surface area (Å²) >= 11 is 5.95. The fraction of sp³-hybridized carbons (Fsp3) is 0. The van der Waals surface area contributed by atoms with E-state index in [2.05, 4.69) is 33.3 Å². The molecule has 3 aromatic heterocycles. The lowest BCUT2D eigenvalue weighted by Crippen LogP contribution is -1.94. The van der Waals surface area contributed by atoms with Crippen molar-refractivity contribution >= 4 is 28.2 Å². The van der Waals surface area contributed by atoms with Crippen LogP contribution < -0.4 is 0 Å². The highest BCUT2D eigenvalue weighted by Gasteiger charge is 2.08. The number of H-pyrrole nitrogens is 1. The highest BCUT2D eigenvalue weighted by molar-refractivity contribution is 6.29. The third-order valence-corrected chi connectivity index (χ3v) is 3.38. The summed E-state index contributed by atoms with van der Waals surface area (Å²) in [6, 6.07) is 11.9. The van der Waals surface area contributed by atoms with Gasteiger partial charge in [0.25, 0.3) is 0 Å². The minimum Gasteiger partial charge on any atom is -0.361 e. The first-order valence-electron chi connectivity index (χ1n) is 5.89. The average Bonchev–Trinajstić information content (AvgIpc) is 3.03. The molecule has 19 heavy (non-hydrogen) atoms. The molecule has 0 saturated carbocycles. The van der Waals surface area contributed by atoms with Crippen LogP contribution in [0.2, 0.25) is 5.15 Å². The van der Waals surface area contributed by atoms with E-state index in [1.807, 2.05) is 24.5 Å². The zero-order valence-corrected chi connectivity index (χ0v) is 10.6. The minimum absolute atomic E-state index is 0.452. The lowest BCUT2D eigenvalue weighted by Gasteiger charge is -2.01. The Bertz CT molecular complexity index is 891. The molecule has 0 bridgehead atoms. The molecule has 0 aliphatic carbocycles. The second kappa shape index (κ2) is 3.83. The van der Waals surface area contributed by atoms with Gasteiger partial charge in [0, 0.05) is 17.3 Å². The maximum absolute atomic E-state index is 5.95. The number of hydrogen-bond donors (Lipinski definition) is 1. The number of benzene rings is 1. The largest absolute Gasteiger partial charge is 0.361 e.